The number of amides is 1. The average Bonchev–Trinajstić information content (AvgIpc) is 3.52. The van der Waals surface area contributed by atoms with Gasteiger partial charge in [-0.15, -0.1) is 0 Å². The van der Waals surface area contributed by atoms with Crippen LogP contribution in [0.5, 0.6) is 5.75 Å². The maximum Gasteiger partial charge on any atom is 0.227 e. The molecule has 3 rings (SSSR count). The van der Waals surface area contributed by atoms with Crippen molar-refractivity contribution in [2.45, 2.75) is 25.3 Å². The Morgan fingerprint density at radius 1 is 0.756 bits per heavy atom. The first-order valence-corrected chi connectivity index (χ1v) is 14.7. The molecule has 0 aliphatic carbocycles. The summed E-state index contributed by atoms with van der Waals surface area (Å²) in [6.07, 6.45) is 2.82. The van der Waals surface area contributed by atoms with Crippen LogP contribution in [0.2, 0.25) is 0 Å². The summed E-state index contributed by atoms with van der Waals surface area (Å²) in [5, 5.41) is 0. The molecule has 2 aromatic rings. The number of likely N-dealkylation sites (tertiary alicyclic amines) is 1. The van der Waals surface area contributed by atoms with Crippen molar-refractivity contribution in [2.75, 3.05) is 99.9 Å². The van der Waals surface area contributed by atoms with Gasteiger partial charge in [0.15, 0.2) is 0 Å². The molecule has 228 valence electrons. The van der Waals surface area contributed by atoms with Crippen molar-refractivity contribution in [3.05, 3.63) is 65.7 Å². The van der Waals surface area contributed by atoms with Crippen LogP contribution < -0.4 is 4.74 Å². The molecule has 0 spiro atoms. The van der Waals surface area contributed by atoms with E-state index in [1.165, 1.54) is 18.4 Å². The van der Waals surface area contributed by atoms with Crippen molar-refractivity contribution in [1.82, 2.24) is 9.80 Å². The Morgan fingerprint density at radius 2 is 1.29 bits per heavy atom. The highest BCUT2D eigenvalue weighted by atomic mass is 16.6. The number of rotatable bonds is 22. The number of ether oxygens (including phenoxy) is 6. The minimum absolute atomic E-state index is 0.0413. The first-order chi connectivity index (χ1) is 20.2. The molecule has 1 atom stereocenters. The smallest absolute Gasteiger partial charge is 0.227 e. The largest absolute Gasteiger partial charge is 0.491 e. The van der Waals surface area contributed by atoms with Crippen molar-refractivity contribution >= 4 is 5.91 Å². The van der Waals surface area contributed by atoms with Crippen molar-refractivity contribution < 1.29 is 33.2 Å². The highest BCUT2D eigenvalue weighted by Crippen LogP contribution is 2.24. The number of nitrogens with zero attached hydrogens (tertiary/aromatic N) is 2. The van der Waals surface area contributed by atoms with Crippen LogP contribution in [-0.2, 0) is 34.9 Å². The topological polar surface area (TPSA) is 78.9 Å². The zero-order valence-electron chi connectivity index (χ0n) is 24.8. The minimum Gasteiger partial charge on any atom is -0.491 e. The van der Waals surface area contributed by atoms with Gasteiger partial charge in [-0.3, -0.25) is 4.79 Å². The minimum atomic E-state index is 0.0413. The molecule has 9 nitrogen and oxygen atoms in total. The molecule has 2 aromatic carbocycles. The molecule has 0 N–H and O–H groups in total. The average molecular weight is 573 g/mol. The maximum atomic E-state index is 13.2. The van der Waals surface area contributed by atoms with E-state index in [9.17, 15) is 4.79 Å². The van der Waals surface area contributed by atoms with Gasteiger partial charge in [-0.2, -0.15) is 0 Å². The fourth-order valence-corrected chi connectivity index (χ4v) is 4.64. The van der Waals surface area contributed by atoms with E-state index in [-0.39, 0.29) is 11.9 Å². The quantitative estimate of drug-likeness (QED) is 0.198. The van der Waals surface area contributed by atoms with Gasteiger partial charge in [0.05, 0.1) is 71.9 Å². The fourth-order valence-electron chi connectivity index (χ4n) is 4.64. The summed E-state index contributed by atoms with van der Waals surface area (Å²) >= 11 is 0. The van der Waals surface area contributed by atoms with E-state index < -0.39 is 0 Å². The summed E-state index contributed by atoms with van der Waals surface area (Å²) in [4.78, 5) is 17.6. The number of carbonyl (C=O) groups is 1. The van der Waals surface area contributed by atoms with E-state index in [1.807, 2.05) is 54.4 Å². The van der Waals surface area contributed by atoms with E-state index in [1.54, 1.807) is 7.11 Å². The summed E-state index contributed by atoms with van der Waals surface area (Å²) in [6.45, 7) is 8.33. The van der Waals surface area contributed by atoms with Crippen LogP contribution in [0.25, 0.3) is 0 Å². The summed E-state index contributed by atoms with van der Waals surface area (Å²) < 4.78 is 32.5. The van der Waals surface area contributed by atoms with Gasteiger partial charge < -0.3 is 38.2 Å². The van der Waals surface area contributed by atoms with Crippen molar-refractivity contribution in [2.24, 2.45) is 0 Å². The zero-order chi connectivity index (χ0) is 29.0. The Bertz CT molecular complexity index is 939. The maximum absolute atomic E-state index is 13.2. The Balaban J connectivity index is 1.27. The van der Waals surface area contributed by atoms with Gasteiger partial charge in [-0.05, 0) is 49.2 Å². The predicted molar refractivity (Wildman–Crippen MR) is 158 cm³/mol. The summed E-state index contributed by atoms with van der Waals surface area (Å²) in [5.74, 6) is 0.870. The van der Waals surface area contributed by atoms with Gasteiger partial charge in [0.25, 0.3) is 0 Å². The van der Waals surface area contributed by atoms with Crippen LogP contribution in [0.15, 0.2) is 54.6 Å². The predicted octanol–water partition coefficient (Wildman–Crippen LogP) is 3.62. The van der Waals surface area contributed by atoms with Gasteiger partial charge in [-0.25, -0.2) is 0 Å². The molecule has 1 aliphatic rings. The first kappa shape index (κ1) is 33.0. The molecule has 0 aromatic heterocycles. The van der Waals surface area contributed by atoms with Crippen LogP contribution in [-0.4, -0.2) is 116 Å². The fraction of sp³-hybridized carbons (Fsp3) is 0.594. The van der Waals surface area contributed by atoms with Crippen LogP contribution in [0, 0.1) is 0 Å². The standard InChI is InChI=1S/C32H48N2O7/c1-33(31(27-34-14-6-7-15-34)29-8-4-3-5-9-29)32(35)26-28-10-12-30(13-11-28)41-25-24-40-23-22-39-21-20-38-19-18-37-17-16-36-2/h3-5,8-13,31H,6-7,14-27H2,1-2H3. The Kier molecular flexibility index (Phi) is 16.4. The SMILES string of the molecule is COCCOCCOCCOCCOCCOc1ccc(CC(=O)N(C)C(CN2CCCC2)c2ccccc2)cc1. The Labute approximate surface area is 245 Å². The molecule has 1 fully saturated rings. The molecule has 1 amide bonds. The van der Waals surface area contributed by atoms with Crippen LogP contribution in [0.4, 0.5) is 0 Å². The van der Waals surface area contributed by atoms with Gasteiger partial charge >= 0.3 is 0 Å². The third kappa shape index (κ3) is 13.3. The second-order valence-corrected chi connectivity index (χ2v) is 10.1. The van der Waals surface area contributed by atoms with Gasteiger partial charge in [0.2, 0.25) is 5.91 Å². The molecule has 1 unspecified atom stereocenters. The lowest BCUT2D eigenvalue weighted by molar-refractivity contribution is -0.131. The number of methoxy groups -OCH3 is 1. The monoisotopic (exact) mass is 572 g/mol. The van der Waals surface area contributed by atoms with Crippen LogP contribution >= 0.6 is 0 Å². The highest BCUT2D eigenvalue weighted by Gasteiger charge is 2.25. The molecule has 41 heavy (non-hydrogen) atoms. The number of hydrogen-bond donors (Lipinski definition) is 0. The Morgan fingerprint density at radius 3 is 1.85 bits per heavy atom. The lowest BCUT2D eigenvalue weighted by atomic mass is 10.0. The van der Waals surface area contributed by atoms with Crippen LogP contribution in [0.3, 0.4) is 0 Å². The molecule has 0 saturated carbocycles. The molecule has 0 bridgehead atoms. The summed E-state index contributed by atoms with van der Waals surface area (Å²) in [5.41, 5.74) is 2.15. The number of carbonyl (C=O) groups excluding carboxylic acids is 1. The molecule has 9 heteroatoms. The lowest BCUT2D eigenvalue weighted by Crippen LogP contribution is -2.39. The highest BCUT2D eigenvalue weighted by molar-refractivity contribution is 5.79. The summed E-state index contributed by atoms with van der Waals surface area (Å²) in [7, 11) is 3.57. The third-order valence-electron chi connectivity index (χ3n) is 7.00. The van der Waals surface area contributed by atoms with Crippen LogP contribution in [0.1, 0.15) is 30.0 Å². The van der Waals surface area contributed by atoms with E-state index >= 15 is 0 Å². The van der Waals surface area contributed by atoms with Crippen molar-refractivity contribution in [3.8, 4) is 5.75 Å². The van der Waals surface area contributed by atoms with Crippen molar-refractivity contribution in [1.29, 1.82) is 0 Å². The van der Waals surface area contributed by atoms with E-state index in [0.717, 1.165) is 30.9 Å². The number of likely N-dealkylation sites (N-methyl/N-ethyl adjacent to an activating group) is 1. The van der Waals surface area contributed by atoms with Gasteiger partial charge in [-0.1, -0.05) is 42.5 Å². The number of hydrogen-bond acceptors (Lipinski definition) is 8. The summed E-state index contributed by atoms with van der Waals surface area (Å²) in [6, 6.07) is 18.1. The second-order valence-electron chi connectivity index (χ2n) is 10.1. The normalized spacial score (nSPS) is 14.3. The van der Waals surface area contributed by atoms with Crippen molar-refractivity contribution in [3.63, 3.8) is 0 Å². The van der Waals surface area contributed by atoms with E-state index in [0.29, 0.717) is 72.5 Å². The number of benzene rings is 2. The third-order valence-corrected chi connectivity index (χ3v) is 7.00. The Hall–Kier alpha value is -2.53. The molecular weight excluding hydrogens is 524 g/mol. The first-order valence-electron chi connectivity index (χ1n) is 14.7. The zero-order valence-corrected chi connectivity index (χ0v) is 24.8. The molecule has 1 aliphatic heterocycles. The molecule has 0 radical (unpaired) electrons. The lowest BCUT2D eigenvalue weighted by Gasteiger charge is -2.32. The van der Waals surface area contributed by atoms with E-state index in [4.69, 9.17) is 28.4 Å². The molecule has 1 heterocycles. The second kappa shape index (κ2) is 20.4. The van der Waals surface area contributed by atoms with Gasteiger partial charge in [0.1, 0.15) is 12.4 Å². The van der Waals surface area contributed by atoms with Gasteiger partial charge in [0, 0.05) is 20.7 Å². The molecular formula is C32H48N2O7. The molecule has 1 saturated heterocycles. The van der Waals surface area contributed by atoms with E-state index in [2.05, 4.69) is 17.0 Å².